The van der Waals surface area contributed by atoms with Gasteiger partial charge in [-0.1, -0.05) is 24.3 Å². The van der Waals surface area contributed by atoms with Gasteiger partial charge in [0.1, 0.15) is 0 Å². The third kappa shape index (κ3) is 6.23. The molecule has 0 saturated carbocycles. The number of carbonyl (C=O) groups is 1. The van der Waals surface area contributed by atoms with Crippen LogP contribution in [0.25, 0.3) is 16.7 Å². The lowest BCUT2D eigenvalue weighted by Gasteiger charge is -2.37. The summed E-state index contributed by atoms with van der Waals surface area (Å²) in [6.07, 6.45) is 0.921. The smallest absolute Gasteiger partial charge is 0.251 e. The zero-order chi connectivity index (χ0) is 27.5. The van der Waals surface area contributed by atoms with Gasteiger partial charge in [-0.25, -0.2) is 4.98 Å². The highest BCUT2D eigenvalue weighted by Crippen LogP contribution is 2.24. The van der Waals surface area contributed by atoms with Crippen LogP contribution in [0.2, 0.25) is 0 Å². The van der Waals surface area contributed by atoms with Crippen molar-refractivity contribution in [1.29, 1.82) is 0 Å². The first-order chi connectivity index (χ1) is 19.5. The summed E-state index contributed by atoms with van der Waals surface area (Å²) in [4.78, 5) is 22.4. The highest BCUT2D eigenvalue weighted by atomic mass is 35.5. The number of rotatable bonds is 8. The summed E-state index contributed by atoms with van der Waals surface area (Å²) in [5, 5.41) is 18.4. The minimum absolute atomic E-state index is 0. The lowest BCUT2D eigenvalue weighted by molar-refractivity contribution is 0.0951. The number of piperazine rings is 1. The van der Waals surface area contributed by atoms with E-state index in [0.717, 1.165) is 55.9 Å². The molecule has 0 aliphatic carbocycles. The van der Waals surface area contributed by atoms with Gasteiger partial charge in [-0.3, -0.25) is 9.69 Å². The number of aromatic nitrogens is 5. The second-order valence-corrected chi connectivity index (χ2v) is 10.3. The molecular weight excluding hydrogens is 538 g/mol. The topological polar surface area (TPSA) is 104 Å². The Hall–Kier alpha value is -4.28. The molecule has 1 saturated heterocycles. The molecule has 11 heteroatoms. The number of benzene rings is 3. The highest BCUT2D eigenvalue weighted by Gasteiger charge is 2.18. The van der Waals surface area contributed by atoms with E-state index in [0.29, 0.717) is 23.6 Å². The first-order valence-corrected chi connectivity index (χ1v) is 13.7. The molecule has 5 aromatic rings. The fourth-order valence-electron chi connectivity index (χ4n) is 5.21. The van der Waals surface area contributed by atoms with Gasteiger partial charge >= 0.3 is 0 Å². The van der Waals surface area contributed by atoms with E-state index in [9.17, 15) is 4.79 Å². The quantitative estimate of drug-likeness (QED) is 0.264. The number of fused-ring (bicyclic) bond motifs is 3. The van der Waals surface area contributed by atoms with Crippen LogP contribution in [0.4, 0.5) is 17.2 Å². The van der Waals surface area contributed by atoms with Crippen molar-refractivity contribution in [1.82, 2.24) is 35.2 Å². The van der Waals surface area contributed by atoms with E-state index in [1.165, 1.54) is 16.8 Å². The maximum absolute atomic E-state index is 12.7. The zero-order valence-corrected chi connectivity index (χ0v) is 24.1. The average molecular weight is 572 g/mol. The predicted molar refractivity (Wildman–Crippen MR) is 165 cm³/mol. The summed E-state index contributed by atoms with van der Waals surface area (Å²) in [7, 11) is 0. The average Bonchev–Trinajstić information content (AvgIpc) is 3.48. The van der Waals surface area contributed by atoms with Crippen molar-refractivity contribution in [3.8, 4) is 0 Å². The zero-order valence-electron chi connectivity index (χ0n) is 23.2. The molecule has 1 aliphatic heterocycles. The van der Waals surface area contributed by atoms with Gasteiger partial charge in [-0.15, -0.1) is 17.5 Å². The van der Waals surface area contributed by atoms with Crippen LogP contribution >= 0.6 is 12.4 Å². The summed E-state index contributed by atoms with van der Waals surface area (Å²) in [6.45, 7) is 10.1. The van der Waals surface area contributed by atoms with E-state index in [1.54, 1.807) is 4.52 Å². The number of carbonyl (C=O) groups excluding carboxylic acids is 1. The Balaban J connectivity index is 0.00000337. The molecule has 0 spiro atoms. The fraction of sp³-hybridized carbons (Fsp3) is 0.300. The summed E-state index contributed by atoms with van der Waals surface area (Å²) in [5.74, 6) is 0.481. The molecule has 6 rings (SSSR count). The van der Waals surface area contributed by atoms with E-state index in [2.05, 4.69) is 73.0 Å². The van der Waals surface area contributed by atoms with E-state index in [4.69, 9.17) is 0 Å². The lowest BCUT2D eigenvalue weighted by Crippen LogP contribution is -2.47. The van der Waals surface area contributed by atoms with E-state index >= 15 is 0 Å². The number of tetrazole rings is 1. The molecule has 41 heavy (non-hydrogen) atoms. The van der Waals surface area contributed by atoms with E-state index in [-0.39, 0.29) is 18.3 Å². The highest BCUT2D eigenvalue weighted by molar-refractivity contribution is 5.94. The third-order valence-electron chi connectivity index (χ3n) is 7.45. The molecule has 1 aliphatic rings. The molecule has 1 fully saturated rings. The lowest BCUT2D eigenvalue weighted by atomic mass is 10.1. The standard InChI is InChI=1S/C30H33N9O.ClH/c1-21-8-9-22(2)27(20-21)38-18-16-37(17-19-38)15-5-14-31-30(40)23-10-12-24(13-11-23)32-28-29-34-35-36-39(29)26-7-4-3-6-25(26)33-28;/h3-4,6-13,20H,5,14-19H2,1-2H3,(H,31,40)(H,32,33);1H. The van der Waals surface area contributed by atoms with Crippen LogP contribution in [0.1, 0.15) is 27.9 Å². The Bertz CT molecular complexity index is 1650. The molecule has 3 heterocycles. The van der Waals surface area contributed by atoms with Gasteiger partial charge < -0.3 is 15.5 Å². The molecule has 10 nitrogen and oxygen atoms in total. The van der Waals surface area contributed by atoms with Crippen molar-refractivity contribution >= 4 is 52.2 Å². The molecule has 0 atom stereocenters. The van der Waals surface area contributed by atoms with Gasteiger partial charge in [0.05, 0.1) is 11.0 Å². The molecule has 0 bridgehead atoms. The third-order valence-corrected chi connectivity index (χ3v) is 7.45. The van der Waals surface area contributed by atoms with Crippen molar-refractivity contribution in [2.24, 2.45) is 0 Å². The van der Waals surface area contributed by atoms with Crippen molar-refractivity contribution in [2.75, 3.05) is 49.5 Å². The summed E-state index contributed by atoms with van der Waals surface area (Å²) < 4.78 is 1.66. The number of para-hydroxylation sites is 2. The van der Waals surface area contributed by atoms with E-state index in [1.807, 2.05) is 48.5 Å². The molecule has 1 amide bonds. The molecule has 0 unspecified atom stereocenters. The van der Waals surface area contributed by atoms with Crippen molar-refractivity contribution in [2.45, 2.75) is 20.3 Å². The van der Waals surface area contributed by atoms with Crippen molar-refractivity contribution in [3.63, 3.8) is 0 Å². The molecule has 0 radical (unpaired) electrons. The van der Waals surface area contributed by atoms with Crippen LogP contribution in [0.15, 0.2) is 66.7 Å². The molecular formula is C30H34ClN9O. The first-order valence-electron chi connectivity index (χ1n) is 13.7. The second-order valence-electron chi connectivity index (χ2n) is 10.3. The molecule has 3 aromatic carbocycles. The number of anilines is 3. The van der Waals surface area contributed by atoms with Crippen LogP contribution in [0.5, 0.6) is 0 Å². The van der Waals surface area contributed by atoms with Crippen LogP contribution in [0.3, 0.4) is 0 Å². The van der Waals surface area contributed by atoms with Crippen molar-refractivity contribution in [3.05, 3.63) is 83.4 Å². The number of hydrogen-bond acceptors (Lipinski definition) is 8. The molecule has 2 N–H and O–H groups in total. The Morgan fingerprint density at radius 3 is 2.54 bits per heavy atom. The Kier molecular flexibility index (Phi) is 8.61. The Morgan fingerprint density at radius 2 is 1.73 bits per heavy atom. The summed E-state index contributed by atoms with van der Waals surface area (Å²) in [6, 6.07) is 21.7. The second kappa shape index (κ2) is 12.5. The normalized spacial score (nSPS) is 13.8. The van der Waals surface area contributed by atoms with Gasteiger partial charge in [0.15, 0.2) is 5.82 Å². The monoisotopic (exact) mass is 571 g/mol. The van der Waals surface area contributed by atoms with Crippen LogP contribution < -0.4 is 15.5 Å². The maximum Gasteiger partial charge on any atom is 0.251 e. The largest absolute Gasteiger partial charge is 0.369 e. The molecule has 212 valence electrons. The van der Waals surface area contributed by atoms with Gasteiger partial charge in [0.2, 0.25) is 5.65 Å². The number of hydrogen-bond donors (Lipinski definition) is 2. The summed E-state index contributed by atoms with van der Waals surface area (Å²) >= 11 is 0. The van der Waals surface area contributed by atoms with Gasteiger partial charge in [0.25, 0.3) is 5.91 Å². The Labute approximate surface area is 245 Å². The predicted octanol–water partition coefficient (Wildman–Crippen LogP) is 4.40. The minimum Gasteiger partial charge on any atom is -0.369 e. The number of amides is 1. The number of nitrogens with one attached hydrogen (secondary N) is 2. The van der Waals surface area contributed by atoms with E-state index < -0.39 is 0 Å². The SMILES string of the molecule is Cc1ccc(C)c(N2CCN(CCCNC(=O)c3ccc(Nc4nc5ccccc5n5nnnc45)cc3)CC2)c1.Cl. The number of nitrogens with zero attached hydrogens (tertiary/aromatic N) is 7. The van der Waals surface area contributed by atoms with Crippen LogP contribution in [-0.4, -0.2) is 75.1 Å². The Morgan fingerprint density at radius 1 is 0.951 bits per heavy atom. The van der Waals surface area contributed by atoms with Gasteiger partial charge in [0, 0.05) is 49.7 Å². The van der Waals surface area contributed by atoms with Crippen LogP contribution in [0, 0.1) is 13.8 Å². The van der Waals surface area contributed by atoms with Crippen LogP contribution in [-0.2, 0) is 0 Å². The molecule has 2 aromatic heterocycles. The number of aryl methyl sites for hydroxylation is 2. The first kappa shape index (κ1) is 28.3. The van der Waals surface area contributed by atoms with Gasteiger partial charge in [-0.2, -0.15) is 4.52 Å². The van der Waals surface area contributed by atoms with Crippen molar-refractivity contribution < 1.29 is 4.79 Å². The maximum atomic E-state index is 12.7. The fourth-order valence-corrected chi connectivity index (χ4v) is 5.21. The number of halogens is 1. The minimum atomic E-state index is -0.0702. The van der Waals surface area contributed by atoms with Gasteiger partial charge in [-0.05, 0) is 90.8 Å². The summed E-state index contributed by atoms with van der Waals surface area (Å²) in [5.41, 5.74) is 7.55.